The van der Waals surface area contributed by atoms with E-state index in [1.807, 2.05) is 0 Å². The minimum absolute atomic E-state index is 0.242. The van der Waals surface area contributed by atoms with Crippen molar-refractivity contribution in [1.29, 1.82) is 0 Å². The highest BCUT2D eigenvalue weighted by atomic mass is 35.5. The van der Waals surface area contributed by atoms with E-state index < -0.39 is 22.7 Å². The molecule has 25 heavy (non-hydrogen) atoms. The largest absolute Gasteiger partial charge is 0.322 e. The van der Waals surface area contributed by atoms with E-state index in [0.717, 1.165) is 8.61 Å². The minimum Gasteiger partial charge on any atom is -0.322 e. The predicted octanol–water partition coefficient (Wildman–Crippen LogP) is 3.24. The van der Waals surface area contributed by atoms with Crippen LogP contribution in [0.1, 0.15) is 0 Å². The maximum Gasteiger partial charge on any atom is 0.304 e. The summed E-state index contributed by atoms with van der Waals surface area (Å²) < 4.78 is 27.2. The zero-order valence-electron chi connectivity index (χ0n) is 13.6. The van der Waals surface area contributed by atoms with Gasteiger partial charge in [-0.3, -0.25) is 4.79 Å². The fraction of sp³-hybridized carbons (Fsp3) is 0.188. The molecule has 0 aliphatic heterocycles. The van der Waals surface area contributed by atoms with Gasteiger partial charge in [-0.15, -0.1) is 0 Å². The highest BCUT2D eigenvalue weighted by molar-refractivity contribution is 7.90. The first-order valence-electron chi connectivity index (χ1n) is 7.22. The van der Waals surface area contributed by atoms with Crippen LogP contribution in [0.3, 0.4) is 0 Å². The van der Waals surface area contributed by atoms with E-state index in [9.17, 15) is 13.2 Å². The second kappa shape index (κ2) is 8.05. The van der Waals surface area contributed by atoms with E-state index in [4.69, 9.17) is 23.2 Å². The zero-order valence-corrected chi connectivity index (χ0v) is 15.9. The lowest BCUT2D eigenvalue weighted by atomic mass is 10.3. The van der Waals surface area contributed by atoms with Gasteiger partial charge in [-0.25, -0.2) is 4.31 Å². The first kappa shape index (κ1) is 19.5. The Kier molecular flexibility index (Phi) is 6.29. The van der Waals surface area contributed by atoms with E-state index in [1.54, 1.807) is 48.5 Å². The molecule has 134 valence electrons. The van der Waals surface area contributed by atoms with Crippen molar-refractivity contribution in [1.82, 2.24) is 4.31 Å². The van der Waals surface area contributed by atoms with Gasteiger partial charge in [-0.2, -0.15) is 12.7 Å². The molecule has 1 amide bonds. The molecule has 9 heteroatoms. The average molecular weight is 402 g/mol. The van der Waals surface area contributed by atoms with Crippen molar-refractivity contribution < 1.29 is 13.2 Å². The van der Waals surface area contributed by atoms with Crippen LogP contribution in [0, 0.1) is 0 Å². The van der Waals surface area contributed by atoms with E-state index in [0.29, 0.717) is 5.69 Å². The van der Waals surface area contributed by atoms with E-state index >= 15 is 0 Å². The summed E-state index contributed by atoms with van der Waals surface area (Å²) in [5.74, 6) is -0.565. The Bertz CT molecular complexity index is 838. The molecule has 6 nitrogen and oxygen atoms in total. The van der Waals surface area contributed by atoms with Crippen molar-refractivity contribution in [2.24, 2.45) is 0 Å². The van der Waals surface area contributed by atoms with Gasteiger partial charge in [0.15, 0.2) is 0 Å². The van der Waals surface area contributed by atoms with Crippen molar-refractivity contribution in [2.75, 3.05) is 30.3 Å². The number of nitrogens with zero attached hydrogens (tertiary/aromatic N) is 2. The summed E-state index contributed by atoms with van der Waals surface area (Å²) in [6.07, 6.45) is 0. The molecule has 0 aliphatic carbocycles. The van der Waals surface area contributed by atoms with Gasteiger partial charge >= 0.3 is 10.2 Å². The van der Waals surface area contributed by atoms with Crippen LogP contribution in [0.5, 0.6) is 0 Å². The van der Waals surface area contributed by atoms with Crippen LogP contribution in [0.4, 0.5) is 11.4 Å². The number of hydrogen-bond acceptors (Lipinski definition) is 3. The van der Waals surface area contributed by atoms with Crippen LogP contribution in [0.15, 0.2) is 48.5 Å². The summed E-state index contributed by atoms with van der Waals surface area (Å²) in [5.41, 5.74) is 0.614. The third-order valence-electron chi connectivity index (χ3n) is 3.30. The molecule has 0 spiro atoms. The number of anilines is 2. The molecule has 0 aromatic heterocycles. The molecule has 0 aliphatic rings. The number of carbonyl (C=O) groups is 1. The van der Waals surface area contributed by atoms with E-state index in [2.05, 4.69) is 5.32 Å². The molecular formula is C16H17Cl2N3O3S. The lowest BCUT2D eigenvalue weighted by molar-refractivity contribution is -0.114. The summed E-state index contributed by atoms with van der Waals surface area (Å²) in [7, 11) is -1.07. The Labute approximate surface area is 157 Å². The summed E-state index contributed by atoms with van der Waals surface area (Å²) in [6.45, 7) is -0.425. The number of amides is 1. The predicted molar refractivity (Wildman–Crippen MR) is 101 cm³/mol. The number of rotatable bonds is 6. The molecule has 0 radical (unpaired) electrons. The van der Waals surface area contributed by atoms with Crippen LogP contribution < -0.4 is 9.62 Å². The monoisotopic (exact) mass is 401 g/mol. The summed E-state index contributed by atoms with van der Waals surface area (Å²) in [5, 5.41) is 3.09. The van der Waals surface area contributed by atoms with Crippen molar-refractivity contribution in [3.8, 4) is 0 Å². The topological polar surface area (TPSA) is 69.7 Å². The Hall–Kier alpha value is -1.80. The van der Waals surface area contributed by atoms with Crippen molar-refractivity contribution in [2.45, 2.75) is 0 Å². The zero-order chi connectivity index (χ0) is 18.6. The maximum absolute atomic E-state index is 12.6. The smallest absolute Gasteiger partial charge is 0.304 e. The molecule has 0 heterocycles. The molecule has 0 bridgehead atoms. The van der Waals surface area contributed by atoms with Crippen LogP contribution in [-0.2, 0) is 15.0 Å². The van der Waals surface area contributed by atoms with Gasteiger partial charge in [-0.1, -0.05) is 47.5 Å². The van der Waals surface area contributed by atoms with Gasteiger partial charge in [-0.05, 0) is 24.3 Å². The van der Waals surface area contributed by atoms with Crippen LogP contribution >= 0.6 is 23.2 Å². The molecule has 2 aromatic rings. The molecular weight excluding hydrogens is 385 g/mol. The average Bonchev–Trinajstić information content (AvgIpc) is 2.56. The lowest BCUT2D eigenvalue weighted by Gasteiger charge is -2.27. The van der Waals surface area contributed by atoms with Gasteiger partial charge in [0, 0.05) is 14.1 Å². The molecule has 0 unspecified atom stereocenters. The summed E-state index contributed by atoms with van der Waals surface area (Å²) >= 11 is 12.1. The number of benzene rings is 2. The number of hydrogen-bond donors (Lipinski definition) is 1. The molecule has 0 atom stereocenters. The number of carbonyl (C=O) groups excluding carboxylic acids is 1. The van der Waals surface area contributed by atoms with Crippen LogP contribution in [0.2, 0.25) is 10.0 Å². The van der Waals surface area contributed by atoms with Gasteiger partial charge in [0.1, 0.15) is 6.54 Å². The van der Waals surface area contributed by atoms with Gasteiger partial charge in [0.2, 0.25) is 5.91 Å². The first-order chi connectivity index (χ1) is 11.7. The quantitative estimate of drug-likeness (QED) is 0.807. The normalized spacial score (nSPS) is 11.4. The van der Waals surface area contributed by atoms with Gasteiger partial charge in [0.25, 0.3) is 0 Å². The molecule has 0 saturated carbocycles. The summed E-state index contributed by atoms with van der Waals surface area (Å²) in [6, 6.07) is 13.2. The third kappa shape index (κ3) is 4.64. The molecule has 2 aromatic carbocycles. The van der Waals surface area contributed by atoms with E-state index in [1.165, 1.54) is 14.1 Å². The van der Waals surface area contributed by atoms with Crippen molar-refractivity contribution in [3.05, 3.63) is 58.6 Å². The molecule has 1 N–H and O–H groups in total. The number of nitrogens with one attached hydrogen (secondary N) is 1. The second-order valence-corrected chi connectivity index (χ2v) is 8.16. The SMILES string of the molecule is CN(C)S(=O)(=O)N(CC(=O)Nc1c(Cl)cccc1Cl)c1ccccc1. The van der Waals surface area contributed by atoms with Crippen LogP contribution in [-0.4, -0.2) is 39.3 Å². The fourth-order valence-electron chi connectivity index (χ4n) is 2.02. The van der Waals surface area contributed by atoms with Gasteiger partial charge in [0.05, 0.1) is 21.4 Å². The molecule has 2 rings (SSSR count). The standard InChI is InChI=1S/C16H17Cl2N3O3S/c1-20(2)25(23,24)21(12-7-4-3-5-8-12)11-15(22)19-16-13(17)9-6-10-14(16)18/h3-10H,11H2,1-2H3,(H,19,22). The Morgan fingerprint density at radius 2 is 1.56 bits per heavy atom. The van der Waals surface area contributed by atoms with Crippen molar-refractivity contribution in [3.63, 3.8) is 0 Å². The molecule has 0 saturated heterocycles. The van der Waals surface area contributed by atoms with Gasteiger partial charge < -0.3 is 5.32 Å². The fourth-order valence-corrected chi connectivity index (χ4v) is 3.58. The number of para-hydroxylation sites is 2. The first-order valence-corrected chi connectivity index (χ1v) is 9.38. The second-order valence-electron chi connectivity index (χ2n) is 5.28. The Balaban J connectivity index is 2.30. The summed E-state index contributed by atoms with van der Waals surface area (Å²) in [4.78, 5) is 12.4. The third-order valence-corrected chi connectivity index (χ3v) is 5.75. The Morgan fingerprint density at radius 1 is 1.00 bits per heavy atom. The Morgan fingerprint density at radius 3 is 2.08 bits per heavy atom. The van der Waals surface area contributed by atoms with E-state index in [-0.39, 0.29) is 15.7 Å². The maximum atomic E-state index is 12.6. The molecule has 0 fully saturated rings. The van der Waals surface area contributed by atoms with Crippen molar-refractivity contribution >= 4 is 50.7 Å². The number of halogens is 2. The highest BCUT2D eigenvalue weighted by Crippen LogP contribution is 2.30. The lowest BCUT2D eigenvalue weighted by Crippen LogP contribution is -2.44. The highest BCUT2D eigenvalue weighted by Gasteiger charge is 2.27. The minimum atomic E-state index is -3.86. The van der Waals surface area contributed by atoms with Crippen LogP contribution in [0.25, 0.3) is 0 Å².